The molecule has 0 amide bonds. The van der Waals surface area contributed by atoms with Gasteiger partial charge >= 0.3 is 6.18 Å². The van der Waals surface area contributed by atoms with Crippen LogP contribution in [0.2, 0.25) is 0 Å². The van der Waals surface area contributed by atoms with Gasteiger partial charge in [0.2, 0.25) is 5.95 Å². The molecule has 8 heteroatoms. The Morgan fingerprint density at radius 2 is 1.96 bits per heavy atom. The molecule has 2 aromatic rings. The molecular formula is C19H23F3N4O. The zero-order chi connectivity index (χ0) is 19.4. The van der Waals surface area contributed by atoms with Crippen LogP contribution >= 0.6 is 0 Å². The van der Waals surface area contributed by atoms with E-state index in [9.17, 15) is 13.2 Å². The zero-order valence-corrected chi connectivity index (χ0v) is 15.3. The van der Waals surface area contributed by atoms with Crippen molar-refractivity contribution in [2.45, 2.75) is 25.1 Å². The number of halogens is 3. The number of piperidine rings is 1. The van der Waals surface area contributed by atoms with Gasteiger partial charge in [-0.25, -0.2) is 9.97 Å². The van der Waals surface area contributed by atoms with Crippen molar-refractivity contribution in [2.75, 3.05) is 32.6 Å². The number of hydrogen-bond donors (Lipinski definition) is 1. The molecule has 1 N–H and O–H groups in total. The second-order valence-electron chi connectivity index (χ2n) is 6.75. The van der Waals surface area contributed by atoms with Crippen molar-refractivity contribution in [1.82, 2.24) is 14.9 Å². The van der Waals surface area contributed by atoms with E-state index in [4.69, 9.17) is 4.74 Å². The molecule has 146 valence electrons. The van der Waals surface area contributed by atoms with Gasteiger partial charge in [-0.15, -0.1) is 0 Å². The lowest BCUT2D eigenvalue weighted by Crippen LogP contribution is -2.39. The van der Waals surface area contributed by atoms with Crippen molar-refractivity contribution in [3.63, 3.8) is 0 Å². The third kappa shape index (κ3) is 4.68. The van der Waals surface area contributed by atoms with E-state index in [0.717, 1.165) is 43.0 Å². The fraction of sp³-hybridized carbons (Fsp3) is 0.474. The molecule has 0 radical (unpaired) electrons. The van der Waals surface area contributed by atoms with Gasteiger partial charge in [-0.1, -0.05) is 12.1 Å². The van der Waals surface area contributed by atoms with E-state index in [-0.39, 0.29) is 17.9 Å². The topological polar surface area (TPSA) is 50.3 Å². The highest BCUT2D eigenvalue weighted by Gasteiger charge is 2.33. The zero-order valence-electron chi connectivity index (χ0n) is 15.3. The molecule has 5 nitrogen and oxygen atoms in total. The predicted molar refractivity (Wildman–Crippen MR) is 96.6 cm³/mol. The van der Waals surface area contributed by atoms with Crippen molar-refractivity contribution >= 4 is 5.95 Å². The third-order valence-corrected chi connectivity index (χ3v) is 4.93. The lowest BCUT2D eigenvalue weighted by molar-refractivity contribution is -0.141. The highest BCUT2D eigenvalue weighted by Crippen LogP contribution is 2.36. The number of hydrogen-bond acceptors (Lipinski definition) is 5. The van der Waals surface area contributed by atoms with Crippen LogP contribution in [0.25, 0.3) is 0 Å². The summed E-state index contributed by atoms with van der Waals surface area (Å²) in [7, 11) is 3.70. The monoisotopic (exact) mass is 380 g/mol. The number of rotatable bonds is 5. The van der Waals surface area contributed by atoms with Gasteiger partial charge in [0.05, 0.1) is 7.11 Å². The Morgan fingerprint density at radius 3 is 2.63 bits per heavy atom. The molecule has 1 aromatic heterocycles. The fourth-order valence-corrected chi connectivity index (χ4v) is 3.63. The third-order valence-electron chi connectivity index (χ3n) is 4.93. The molecule has 0 spiro atoms. The van der Waals surface area contributed by atoms with Crippen LogP contribution in [-0.2, 0) is 6.18 Å². The first-order chi connectivity index (χ1) is 12.9. The summed E-state index contributed by atoms with van der Waals surface area (Å²) in [5, 5.41) is 3.00. The highest BCUT2D eigenvalue weighted by molar-refractivity contribution is 5.31. The minimum absolute atomic E-state index is 0.00605. The first kappa shape index (κ1) is 19.4. The minimum atomic E-state index is -4.48. The Kier molecular flexibility index (Phi) is 5.84. The molecule has 2 heterocycles. The van der Waals surface area contributed by atoms with Crippen LogP contribution in [0.15, 0.2) is 36.5 Å². The maximum absolute atomic E-state index is 12.8. The number of alkyl halides is 3. The molecule has 27 heavy (non-hydrogen) atoms. The summed E-state index contributed by atoms with van der Waals surface area (Å²) in [5.74, 6) is 1.03. The van der Waals surface area contributed by atoms with Gasteiger partial charge in [-0.3, -0.25) is 4.90 Å². The average molecular weight is 380 g/mol. The molecule has 0 aliphatic carbocycles. The summed E-state index contributed by atoms with van der Waals surface area (Å²) in [6.07, 6.45) is -1.33. The van der Waals surface area contributed by atoms with E-state index < -0.39 is 11.9 Å². The van der Waals surface area contributed by atoms with Crippen molar-refractivity contribution in [1.29, 1.82) is 0 Å². The van der Waals surface area contributed by atoms with E-state index >= 15 is 0 Å². The van der Waals surface area contributed by atoms with E-state index in [2.05, 4.69) is 27.2 Å². The maximum Gasteiger partial charge on any atom is 0.433 e. The van der Waals surface area contributed by atoms with Gasteiger partial charge in [-0.2, -0.15) is 13.2 Å². The number of nitrogens with zero attached hydrogens (tertiary/aromatic N) is 3. The summed E-state index contributed by atoms with van der Waals surface area (Å²) in [6.45, 7) is 1.48. The van der Waals surface area contributed by atoms with Gasteiger partial charge in [0.25, 0.3) is 0 Å². The van der Waals surface area contributed by atoms with E-state index in [1.165, 1.54) is 0 Å². The summed E-state index contributed by atoms with van der Waals surface area (Å²) in [6, 6.07) is 8.98. The average Bonchev–Trinajstić information content (AvgIpc) is 2.66. The Bertz CT molecular complexity index is 751. The van der Waals surface area contributed by atoms with Gasteiger partial charge in [0.1, 0.15) is 11.4 Å². The highest BCUT2D eigenvalue weighted by atomic mass is 19.4. The predicted octanol–water partition coefficient (Wildman–Crippen LogP) is 4.00. The van der Waals surface area contributed by atoms with Gasteiger partial charge < -0.3 is 10.1 Å². The standard InChI is InChI=1S/C19H23F3N4O/c1-26-11-3-4-14(17(26)13-5-7-15(27-2)8-6-13)12-24-18-23-10-9-16(25-18)19(20,21)22/h5-10,14,17H,3-4,11-12H2,1-2H3,(H,23,24,25). The number of nitrogens with one attached hydrogen (secondary N) is 1. The summed E-state index contributed by atoms with van der Waals surface area (Å²) < 4.78 is 43.7. The maximum atomic E-state index is 12.8. The quantitative estimate of drug-likeness (QED) is 0.850. The van der Waals surface area contributed by atoms with Gasteiger partial charge in [-0.05, 0) is 56.1 Å². The van der Waals surface area contributed by atoms with Crippen molar-refractivity contribution < 1.29 is 17.9 Å². The number of likely N-dealkylation sites (tertiary alicyclic amines) is 1. The number of methoxy groups -OCH3 is 1. The summed E-state index contributed by atoms with van der Waals surface area (Å²) in [4.78, 5) is 9.80. The SMILES string of the molecule is COc1ccc(C2C(CNc3nccc(C(F)(F)F)n3)CCCN2C)cc1. The van der Waals surface area contributed by atoms with Gasteiger partial charge in [0.15, 0.2) is 0 Å². The molecule has 1 aliphatic rings. The molecular weight excluding hydrogens is 357 g/mol. The van der Waals surface area contributed by atoms with Crippen LogP contribution in [0, 0.1) is 5.92 Å². The molecule has 0 bridgehead atoms. The van der Waals surface area contributed by atoms with E-state index in [1.54, 1.807) is 7.11 Å². The first-order valence-electron chi connectivity index (χ1n) is 8.87. The number of ether oxygens (including phenoxy) is 1. The second-order valence-corrected chi connectivity index (χ2v) is 6.75. The second kappa shape index (κ2) is 8.12. The van der Waals surface area contributed by atoms with E-state index in [0.29, 0.717) is 6.54 Å². The van der Waals surface area contributed by atoms with Crippen molar-refractivity contribution in [3.8, 4) is 5.75 Å². The lowest BCUT2D eigenvalue weighted by atomic mass is 9.85. The molecule has 2 unspecified atom stereocenters. The smallest absolute Gasteiger partial charge is 0.433 e. The van der Waals surface area contributed by atoms with Crippen molar-refractivity contribution in [3.05, 3.63) is 47.8 Å². The molecule has 1 fully saturated rings. The lowest BCUT2D eigenvalue weighted by Gasteiger charge is -2.39. The van der Waals surface area contributed by atoms with E-state index in [1.807, 2.05) is 24.3 Å². The van der Waals surface area contributed by atoms with Gasteiger partial charge in [0, 0.05) is 18.8 Å². The Labute approximate surface area is 156 Å². The molecule has 1 saturated heterocycles. The van der Waals surface area contributed by atoms with Crippen LogP contribution in [-0.4, -0.2) is 42.1 Å². The van der Waals surface area contributed by atoms with Crippen LogP contribution < -0.4 is 10.1 Å². The van der Waals surface area contributed by atoms with Crippen molar-refractivity contribution in [2.24, 2.45) is 5.92 Å². The Morgan fingerprint density at radius 1 is 1.22 bits per heavy atom. The number of aromatic nitrogens is 2. The first-order valence-corrected chi connectivity index (χ1v) is 8.87. The van der Waals surface area contributed by atoms with Crippen LogP contribution in [0.1, 0.15) is 30.1 Å². The summed E-state index contributed by atoms with van der Waals surface area (Å²) in [5.41, 5.74) is 0.224. The number of anilines is 1. The summed E-state index contributed by atoms with van der Waals surface area (Å²) >= 11 is 0. The molecule has 1 aromatic carbocycles. The van der Waals surface area contributed by atoms with Crippen LogP contribution in [0.3, 0.4) is 0 Å². The molecule has 3 rings (SSSR count). The molecule has 2 atom stereocenters. The van der Waals surface area contributed by atoms with Crippen LogP contribution in [0.5, 0.6) is 5.75 Å². The molecule has 1 aliphatic heterocycles. The largest absolute Gasteiger partial charge is 0.497 e. The number of benzene rings is 1. The molecule has 0 saturated carbocycles. The normalized spacial score (nSPS) is 21.1. The Hall–Kier alpha value is -2.35. The minimum Gasteiger partial charge on any atom is -0.497 e. The fourth-order valence-electron chi connectivity index (χ4n) is 3.63. The Balaban J connectivity index is 1.73. The van der Waals surface area contributed by atoms with Crippen LogP contribution in [0.4, 0.5) is 19.1 Å².